The van der Waals surface area contributed by atoms with Crippen molar-refractivity contribution in [1.82, 2.24) is 0 Å². The molecule has 4 nitrogen and oxygen atoms in total. The Hall–Kier alpha value is -0.640. The van der Waals surface area contributed by atoms with Gasteiger partial charge in [-0.25, -0.2) is 0 Å². The van der Waals surface area contributed by atoms with E-state index in [-0.39, 0.29) is 10.8 Å². The molecule has 0 aromatic heterocycles. The highest BCUT2D eigenvalue weighted by Crippen LogP contribution is 2.38. The van der Waals surface area contributed by atoms with Crippen LogP contribution in [0.2, 0.25) is 0 Å². The van der Waals surface area contributed by atoms with E-state index in [1.807, 2.05) is 13.8 Å². The summed E-state index contributed by atoms with van der Waals surface area (Å²) in [5.41, 5.74) is -1.07. The lowest BCUT2D eigenvalue weighted by Crippen LogP contribution is -2.54. The molecule has 88 valence electrons. The monoisotopic (exact) mass is 215 g/mol. The summed E-state index contributed by atoms with van der Waals surface area (Å²) in [5.74, 6) is 0.0493. The van der Waals surface area contributed by atoms with Gasteiger partial charge >= 0.3 is 0 Å². The van der Waals surface area contributed by atoms with Crippen LogP contribution in [0.1, 0.15) is 52.4 Å². The second-order valence-corrected chi connectivity index (χ2v) is 4.73. The summed E-state index contributed by atoms with van der Waals surface area (Å²) in [7, 11) is 0. The zero-order valence-electron chi connectivity index (χ0n) is 9.61. The van der Waals surface area contributed by atoms with Gasteiger partial charge in [0.1, 0.15) is 5.60 Å². The van der Waals surface area contributed by atoms with Crippen LogP contribution in [0.5, 0.6) is 0 Å². The van der Waals surface area contributed by atoms with Gasteiger partial charge in [0, 0.05) is 11.3 Å². The van der Waals surface area contributed by atoms with Crippen molar-refractivity contribution in [2.45, 2.75) is 64.0 Å². The second-order valence-electron chi connectivity index (χ2n) is 4.73. The topological polar surface area (TPSA) is 63.4 Å². The molecule has 1 aliphatic rings. The third-order valence-corrected chi connectivity index (χ3v) is 3.73. The van der Waals surface area contributed by atoms with Crippen LogP contribution < -0.4 is 0 Å². The highest BCUT2D eigenvalue weighted by atomic mass is 16.6. The molecule has 0 saturated heterocycles. The van der Waals surface area contributed by atoms with Crippen molar-refractivity contribution in [2.24, 2.45) is 5.92 Å². The third-order valence-electron chi connectivity index (χ3n) is 3.73. The summed E-state index contributed by atoms with van der Waals surface area (Å²) in [6.07, 6.45) is 4.70. The Labute approximate surface area is 90.8 Å². The quantitative estimate of drug-likeness (QED) is 0.578. The molecule has 0 radical (unpaired) electrons. The molecular weight excluding hydrogens is 194 g/mol. The van der Waals surface area contributed by atoms with Crippen molar-refractivity contribution in [2.75, 3.05) is 0 Å². The summed E-state index contributed by atoms with van der Waals surface area (Å²) in [5, 5.41) is 21.4. The molecule has 0 aromatic rings. The lowest BCUT2D eigenvalue weighted by Gasteiger charge is -2.39. The van der Waals surface area contributed by atoms with E-state index < -0.39 is 11.6 Å². The first kappa shape index (κ1) is 12.4. The maximum atomic E-state index is 10.9. The van der Waals surface area contributed by atoms with Crippen molar-refractivity contribution in [3.63, 3.8) is 0 Å². The number of nitro groups is 1. The lowest BCUT2D eigenvalue weighted by atomic mass is 9.70. The van der Waals surface area contributed by atoms with Crippen molar-refractivity contribution >= 4 is 0 Å². The Bertz CT molecular complexity index is 232. The van der Waals surface area contributed by atoms with Gasteiger partial charge in [0.05, 0.1) is 0 Å². The second kappa shape index (κ2) is 4.92. The molecular formula is C11H21NO3. The van der Waals surface area contributed by atoms with Crippen LogP contribution in [0, 0.1) is 16.0 Å². The maximum Gasteiger partial charge on any atom is 0.241 e. The normalized spacial score (nSPS) is 36.5. The van der Waals surface area contributed by atoms with Crippen LogP contribution in [-0.4, -0.2) is 21.7 Å². The molecule has 0 spiro atoms. The molecule has 3 atom stereocenters. The summed E-state index contributed by atoms with van der Waals surface area (Å²) >= 11 is 0. The standard InChI is InChI=1S/C11H21NO3/c1-3-4-8-11(13)9(2)6-5-7-10(11)12(14)15/h9-10,13H,3-8H2,1-2H3. The summed E-state index contributed by atoms with van der Waals surface area (Å²) in [6, 6.07) is -0.757. The average molecular weight is 215 g/mol. The van der Waals surface area contributed by atoms with Gasteiger partial charge in [0.2, 0.25) is 6.04 Å². The molecule has 1 aliphatic carbocycles. The molecule has 1 N–H and O–H groups in total. The van der Waals surface area contributed by atoms with E-state index in [1.165, 1.54) is 0 Å². The first-order valence-electron chi connectivity index (χ1n) is 5.88. The fourth-order valence-electron chi connectivity index (χ4n) is 2.61. The van der Waals surface area contributed by atoms with E-state index in [0.29, 0.717) is 12.8 Å². The third kappa shape index (κ3) is 2.48. The first-order valence-corrected chi connectivity index (χ1v) is 5.88. The fourth-order valence-corrected chi connectivity index (χ4v) is 2.61. The van der Waals surface area contributed by atoms with Gasteiger partial charge in [0.15, 0.2) is 0 Å². The zero-order valence-corrected chi connectivity index (χ0v) is 9.61. The number of hydrogen-bond donors (Lipinski definition) is 1. The van der Waals surface area contributed by atoms with E-state index in [4.69, 9.17) is 0 Å². The molecule has 0 bridgehead atoms. The first-order chi connectivity index (χ1) is 7.02. The Morgan fingerprint density at radius 2 is 2.20 bits per heavy atom. The maximum absolute atomic E-state index is 10.9. The van der Waals surface area contributed by atoms with Gasteiger partial charge in [-0.05, 0) is 25.2 Å². The van der Waals surface area contributed by atoms with E-state index in [2.05, 4.69) is 0 Å². The van der Waals surface area contributed by atoms with Gasteiger partial charge < -0.3 is 5.11 Å². The molecule has 4 heteroatoms. The molecule has 0 heterocycles. The van der Waals surface area contributed by atoms with E-state index in [1.54, 1.807) is 0 Å². The van der Waals surface area contributed by atoms with Gasteiger partial charge in [-0.2, -0.15) is 0 Å². The summed E-state index contributed by atoms with van der Waals surface area (Å²) in [4.78, 5) is 10.6. The Morgan fingerprint density at radius 3 is 2.73 bits per heavy atom. The highest BCUT2D eigenvalue weighted by Gasteiger charge is 2.50. The minimum atomic E-state index is -1.07. The number of aliphatic hydroxyl groups is 1. The number of hydrogen-bond acceptors (Lipinski definition) is 3. The van der Waals surface area contributed by atoms with Crippen LogP contribution >= 0.6 is 0 Å². The molecule has 1 rings (SSSR count). The predicted octanol–water partition coefficient (Wildman–Crippen LogP) is 2.37. The molecule has 0 amide bonds. The average Bonchev–Trinajstić information content (AvgIpc) is 2.19. The van der Waals surface area contributed by atoms with E-state index in [9.17, 15) is 15.2 Å². The Balaban J connectivity index is 2.78. The summed E-state index contributed by atoms with van der Waals surface area (Å²) in [6.45, 7) is 3.98. The van der Waals surface area contributed by atoms with Crippen LogP contribution in [0.3, 0.4) is 0 Å². The molecule has 0 aliphatic heterocycles. The van der Waals surface area contributed by atoms with Crippen LogP contribution in [0.4, 0.5) is 0 Å². The van der Waals surface area contributed by atoms with E-state index >= 15 is 0 Å². The SMILES string of the molecule is CCCCC1(O)C(C)CCCC1[N+](=O)[O-]. The van der Waals surface area contributed by atoms with Crippen molar-refractivity contribution in [3.8, 4) is 0 Å². The van der Waals surface area contributed by atoms with Crippen molar-refractivity contribution < 1.29 is 10.0 Å². The zero-order chi connectivity index (χ0) is 11.5. The number of rotatable bonds is 4. The van der Waals surface area contributed by atoms with E-state index in [0.717, 1.165) is 25.7 Å². The van der Waals surface area contributed by atoms with Gasteiger partial charge in [0.25, 0.3) is 0 Å². The minimum Gasteiger partial charge on any atom is -0.382 e. The largest absolute Gasteiger partial charge is 0.382 e. The smallest absolute Gasteiger partial charge is 0.241 e. The minimum absolute atomic E-state index is 0.0493. The van der Waals surface area contributed by atoms with Crippen LogP contribution in [0.15, 0.2) is 0 Å². The van der Waals surface area contributed by atoms with Gasteiger partial charge in [-0.3, -0.25) is 10.1 Å². The van der Waals surface area contributed by atoms with Crippen LogP contribution in [0.25, 0.3) is 0 Å². The predicted molar refractivity (Wildman–Crippen MR) is 58.3 cm³/mol. The van der Waals surface area contributed by atoms with Gasteiger partial charge in [-0.15, -0.1) is 0 Å². The van der Waals surface area contributed by atoms with Crippen molar-refractivity contribution in [1.29, 1.82) is 0 Å². The number of nitrogens with zero attached hydrogens (tertiary/aromatic N) is 1. The van der Waals surface area contributed by atoms with Gasteiger partial charge in [-0.1, -0.05) is 26.7 Å². The molecule has 1 saturated carbocycles. The summed E-state index contributed by atoms with van der Waals surface area (Å²) < 4.78 is 0. The van der Waals surface area contributed by atoms with Crippen LogP contribution in [-0.2, 0) is 0 Å². The van der Waals surface area contributed by atoms with Crippen molar-refractivity contribution in [3.05, 3.63) is 10.1 Å². The molecule has 3 unspecified atom stereocenters. The Kier molecular flexibility index (Phi) is 4.08. The highest BCUT2D eigenvalue weighted by molar-refractivity contribution is 4.94. The number of unbranched alkanes of at least 4 members (excludes halogenated alkanes) is 1. The molecule has 0 aromatic carbocycles. The fraction of sp³-hybridized carbons (Fsp3) is 1.00. The molecule has 1 fully saturated rings. The Morgan fingerprint density at radius 1 is 1.53 bits per heavy atom. The molecule has 15 heavy (non-hydrogen) atoms. The lowest BCUT2D eigenvalue weighted by molar-refractivity contribution is -0.553.